The molecule has 1 fully saturated rings. The monoisotopic (exact) mass is 385 g/mol. The molecule has 0 radical (unpaired) electrons. The predicted molar refractivity (Wildman–Crippen MR) is 115 cm³/mol. The van der Waals surface area contributed by atoms with Crippen molar-refractivity contribution in [3.63, 3.8) is 0 Å². The Balaban J connectivity index is 1.54. The highest BCUT2D eigenvalue weighted by molar-refractivity contribution is 5.84. The summed E-state index contributed by atoms with van der Waals surface area (Å²) in [7, 11) is 0. The van der Waals surface area contributed by atoms with Gasteiger partial charge < -0.3 is 10.2 Å². The smallest absolute Gasteiger partial charge is 0.0928 e. The second-order valence-corrected chi connectivity index (χ2v) is 7.34. The Morgan fingerprint density at radius 2 is 1.90 bits per heavy atom. The average Bonchev–Trinajstić information content (AvgIpc) is 3.08. The lowest BCUT2D eigenvalue weighted by atomic mass is 10.1. The third-order valence-electron chi connectivity index (χ3n) is 5.29. The summed E-state index contributed by atoms with van der Waals surface area (Å²) in [5, 5.41) is 10.8. The maximum absolute atomic E-state index is 4.91. The van der Waals surface area contributed by atoms with Crippen LogP contribution in [0, 0.1) is 6.92 Å². The molecule has 0 unspecified atom stereocenters. The molecule has 0 aliphatic carbocycles. The molecule has 0 bridgehead atoms. The van der Waals surface area contributed by atoms with Gasteiger partial charge in [0, 0.05) is 30.9 Å². The Labute approximate surface area is 169 Å². The van der Waals surface area contributed by atoms with Gasteiger partial charge in [0.2, 0.25) is 0 Å². The van der Waals surface area contributed by atoms with Crippen LogP contribution in [0.25, 0.3) is 33.7 Å². The molecule has 4 aromatic rings. The highest BCUT2D eigenvalue weighted by Gasteiger charge is 2.15. The summed E-state index contributed by atoms with van der Waals surface area (Å²) in [6.07, 6.45) is 4.90. The SMILES string of the molecule is Cc1cccc(-c2[nH]ncc2-c2ccc3ncc(N4CCCNCC4)cc3n2)n1. The van der Waals surface area contributed by atoms with Crippen LogP contribution in [0.5, 0.6) is 0 Å². The standard InChI is InChI=1S/C22H23N7/c1-15-4-2-5-20(26-15)22-17(14-25-28-22)18-6-7-19-21(27-18)12-16(13-24-19)29-10-3-8-23-9-11-29/h2,4-7,12-14,23H,3,8-11H2,1H3,(H,25,28). The molecule has 146 valence electrons. The van der Waals surface area contributed by atoms with Crippen molar-refractivity contribution in [3.05, 3.63) is 54.5 Å². The molecule has 1 aliphatic heterocycles. The molecule has 0 atom stereocenters. The first-order valence-electron chi connectivity index (χ1n) is 9.98. The van der Waals surface area contributed by atoms with E-state index >= 15 is 0 Å². The molecule has 1 saturated heterocycles. The van der Waals surface area contributed by atoms with Crippen LogP contribution in [0.3, 0.4) is 0 Å². The van der Waals surface area contributed by atoms with Crippen molar-refractivity contribution in [1.82, 2.24) is 30.5 Å². The van der Waals surface area contributed by atoms with Crippen molar-refractivity contribution in [2.45, 2.75) is 13.3 Å². The van der Waals surface area contributed by atoms with Gasteiger partial charge in [-0.3, -0.25) is 15.1 Å². The number of fused-ring (bicyclic) bond motifs is 1. The van der Waals surface area contributed by atoms with Crippen LogP contribution in [0.15, 0.2) is 48.8 Å². The molecule has 7 nitrogen and oxygen atoms in total. The zero-order valence-electron chi connectivity index (χ0n) is 16.4. The van der Waals surface area contributed by atoms with Gasteiger partial charge in [0.15, 0.2) is 0 Å². The van der Waals surface area contributed by atoms with Crippen molar-refractivity contribution in [1.29, 1.82) is 0 Å². The van der Waals surface area contributed by atoms with E-state index in [0.29, 0.717) is 0 Å². The number of pyridine rings is 3. The molecule has 0 amide bonds. The first-order valence-corrected chi connectivity index (χ1v) is 9.98. The normalized spacial score (nSPS) is 14.9. The van der Waals surface area contributed by atoms with Gasteiger partial charge in [0.05, 0.1) is 46.2 Å². The zero-order valence-corrected chi connectivity index (χ0v) is 16.4. The van der Waals surface area contributed by atoms with Gasteiger partial charge in [-0.15, -0.1) is 0 Å². The van der Waals surface area contributed by atoms with Gasteiger partial charge >= 0.3 is 0 Å². The summed E-state index contributed by atoms with van der Waals surface area (Å²) in [6.45, 7) is 6.06. The molecule has 2 N–H and O–H groups in total. The topological polar surface area (TPSA) is 82.6 Å². The van der Waals surface area contributed by atoms with E-state index in [4.69, 9.17) is 4.98 Å². The number of aryl methyl sites for hydroxylation is 1. The van der Waals surface area contributed by atoms with Crippen LogP contribution >= 0.6 is 0 Å². The van der Waals surface area contributed by atoms with E-state index in [0.717, 1.165) is 77.7 Å². The number of hydrogen-bond donors (Lipinski definition) is 2. The quantitative estimate of drug-likeness (QED) is 0.564. The fourth-order valence-electron chi connectivity index (χ4n) is 3.78. The van der Waals surface area contributed by atoms with Gasteiger partial charge in [-0.2, -0.15) is 5.10 Å². The molecule has 29 heavy (non-hydrogen) atoms. The minimum absolute atomic E-state index is 0.862. The Morgan fingerprint density at radius 3 is 2.83 bits per heavy atom. The number of aromatic amines is 1. The van der Waals surface area contributed by atoms with Gasteiger partial charge in [-0.25, -0.2) is 4.98 Å². The van der Waals surface area contributed by atoms with Gasteiger partial charge in [0.1, 0.15) is 0 Å². The summed E-state index contributed by atoms with van der Waals surface area (Å²) in [5.74, 6) is 0. The maximum Gasteiger partial charge on any atom is 0.0928 e. The van der Waals surface area contributed by atoms with Crippen molar-refractivity contribution < 1.29 is 0 Å². The minimum atomic E-state index is 0.862. The van der Waals surface area contributed by atoms with Crippen molar-refractivity contribution in [3.8, 4) is 22.6 Å². The van der Waals surface area contributed by atoms with E-state index in [1.165, 1.54) is 0 Å². The molecule has 5 heterocycles. The van der Waals surface area contributed by atoms with Gasteiger partial charge in [-0.1, -0.05) is 6.07 Å². The highest BCUT2D eigenvalue weighted by atomic mass is 15.2. The van der Waals surface area contributed by atoms with Crippen LogP contribution < -0.4 is 10.2 Å². The maximum atomic E-state index is 4.91. The lowest BCUT2D eigenvalue weighted by Gasteiger charge is -2.22. The van der Waals surface area contributed by atoms with E-state index in [9.17, 15) is 0 Å². The summed E-state index contributed by atoms with van der Waals surface area (Å²) in [6, 6.07) is 12.1. The molecule has 7 heteroatoms. The molecule has 0 spiro atoms. The lowest BCUT2D eigenvalue weighted by molar-refractivity contribution is 0.724. The van der Waals surface area contributed by atoms with E-state index < -0.39 is 0 Å². The molecule has 5 rings (SSSR count). The number of anilines is 1. The van der Waals surface area contributed by atoms with Crippen LogP contribution in [0.2, 0.25) is 0 Å². The van der Waals surface area contributed by atoms with Gasteiger partial charge in [0.25, 0.3) is 0 Å². The summed E-state index contributed by atoms with van der Waals surface area (Å²) >= 11 is 0. The Kier molecular flexibility index (Phi) is 4.65. The molecular weight excluding hydrogens is 362 g/mol. The average molecular weight is 385 g/mol. The Morgan fingerprint density at radius 1 is 0.931 bits per heavy atom. The molecule has 0 aromatic carbocycles. The van der Waals surface area contributed by atoms with Crippen LogP contribution in [-0.4, -0.2) is 51.3 Å². The van der Waals surface area contributed by atoms with E-state index in [-0.39, 0.29) is 0 Å². The van der Waals surface area contributed by atoms with E-state index in [2.05, 4.69) is 36.4 Å². The largest absolute Gasteiger partial charge is 0.369 e. The first kappa shape index (κ1) is 17.8. The predicted octanol–water partition coefficient (Wildman–Crippen LogP) is 3.19. The fraction of sp³-hybridized carbons (Fsp3) is 0.273. The van der Waals surface area contributed by atoms with Crippen molar-refractivity contribution in [2.24, 2.45) is 0 Å². The van der Waals surface area contributed by atoms with Gasteiger partial charge in [-0.05, 0) is 50.2 Å². The number of rotatable bonds is 3. The first-order chi connectivity index (χ1) is 14.3. The minimum Gasteiger partial charge on any atom is -0.369 e. The third kappa shape index (κ3) is 3.56. The summed E-state index contributed by atoms with van der Waals surface area (Å²) in [4.78, 5) is 16.6. The number of hydrogen-bond acceptors (Lipinski definition) is 6. The van der Waals surface area contributed by atoms with Crippen molar-refractivity contribution in [2.75, 3.05) is 31.1 Å². The number of nitrogens with one attached hydrogen (secondary N) is 2. The highest BCUT2D eigenvalue weighted by Crippen LogP contribution is 2.29. The summed E-state index contributed by atoms with van der Waals surface area (Å²) in [5.41, 5.74) is 7.42. The van der Waals surface area contributed by atoms with Crippen LogP contribution in [-0.2, 0) is 0 Å². The third-order valence-corrected chi connectivity index (χ3v) is 5.29. The fourth-order valence-corrected chi connectivity index (χ4v) is 3.78. The van der Waals surface area contributed by atoms with E-state index in [1.54, 1.807) is 0 Å². The number of aromatic nitrogens is 5. The summed E-state index contributed by atoms with van der Waals surface area (Å²) < 4.78 is 0. The van der Waals surface area contributed by atoms with Crippen LogP contribution in [0.1, 0.15) is 12.1 Å². The number of H-pyrrole nitrogens is 1. The molecule has 0 saturated carbocycles. The second kappa shape index (κ2) is 7.60. The van der Waals surface area contributed by atoms with Crippen LogP contribution in [0.4, 0.5) is 5.69 Å². The molecule has 4 aromatic heterocycles. The number of nitrogens with zero attached hydrogens (tertiary/aromatic N) is 5. The van der Waals surface area contributed by atoms with E-state index in [1.807, 2.05) is 49.6 Å². The zero-order chi connectivity index (χ0) is 19.6. The lowest BCUT2D eigenvalue weighted by Crippen LogP contribution is -2.27. The van der Waals surface area contributed by atoms with Crippen molar-refractivity contribution >= 4 is 16.7 Å². The second-order valence-electron chi connectivity index (χ2n) is 7.34. The molecule has 1 aliphatic rings. The Bertz CT molecular complexity index is 1140. The Hall–Kier alpha value is -3.32. The molecular formula is C22H23N7.